The molecule has 8 nitrogen and oxygen atoms in total. The Hall–Kier alpha value is -2.76. The number of fused-ring (bicyclic) bond motifs is 1. The van der Waals surface area contributed by atoms with Crippen molar-refractivity contribution in [1.29, 1.82) is 0 Å². The van der Waals surface area contributed by atoms with E-state index in [9.17, 15) is 32.9 Å². The molecule has 1 aliphatic rings. The summed E-state index contributed by atoms with van der Waals surface area (Å²) < 4.78 is 39.0. The number of anilines is 1. The molecule has 0 atom stereocenters. The Bertz CT molecular complexity index is 1020. The van der Waals surface area contributed by atoms with Crippen LogP contribution in [0, 0.1) is 10.1 Å². The van der Waals surface area contributed by atoms with Crippen LogP contribution in [0.1, 0.15) is 25.3 Å². The number of nitro groups is 1. The second-order valence-corrected chi connectivity index (χ2v) is 7.52. The van der Waals surface area contributed by atoms with Crippen LogP contribution in [0.15, 0.2) is 16.9 Å². The van der Waals surface area contributed by atoms with E-state index in [2.05, 4.69) is 4.98 Å². The predicted molar refractivity (Wildman–Crippen MR) is 101 cm³/mol. The Balaban J connectivity index is 1.98. The van der Waals surface area contributed by atoms with Crippen LogP contribution in [0.4, 0.5) is 24.0 Å². The van der Waals surface area contributed by atoms with E-state index in [1.54, 1.807) is 9.80 Å². The molecule has 0 saturated carbocycles. The monoisotopic (exact) mass is 430 g/mol. The van der Waals surface area contributed by atoms with Crippen molar-refractivity contribution in [3.8, 4) is 0 Å². The van der Waals surface area contributed by atoms with Gasteiger partial charge >= 0.3 is 6.18 Å². The fourth-order valence-corrected chi connectivity index (χ4v) is 4.21. The fourth-order valence-electron chi connectivity index (χ4n) is 3.09. The average Bonchev–Trinajstić information content (AvgIpc) is 2.66. The van der Waals surface area contributed by atoms with E-state index in [0.717, 1.165) is 17.8 Å². The third-order valence-electron chi connectivity index (χ3n) is 4.58. The molecule has 1 saturated heterocycles. The quantitative estimate of drug-likeness (QED) is 0.547. The lowest BCUT2D eigenvalue weighted by Crippen LogP contribution is -2.49. The second-order valence-electron chi connectivity index (χ2n) is 6.55. The van der Waals surface area contributed by atoms with Crippen molar-refractivity contribution >= 4 is 38.1 Å². The normalized spacial score (nSPS) is 15.0. The van der Waals surface area contributed by atoms with Crippen molar-refractivity contribution in [1.82, 2.24) is 9.88 Å². The maximum Gasteiger partial charge on any atom is 0.416 e. The van der Waals surface area contributed by atoms with Gasteiger partial charge in [0, 0.05) is 38.7 Å². The summed E-state index contributed by atoms with van der Waals surface area (Å²) >= 11 is 0.804. The van der Waals surface area contributed by atoms with Gasteiger partial charge in [0.1, 0.15) is 4.70 Å². The number of alkyl halides is 3. The highest BCUT2D eigenvalue weighted by molar-refractivity contribution is 7.22. The molecule has 0 unspecified atom stereocenters. The minimum Gasteiger partial charge on any atom is -0.344 e. The highest BCUT2D eigenvalue weighted by atomic mass is 32.1. The van der Waals surface area contributed by atoms with Crippen LogP contribution in [-0.2, 0) is 11.0 Å². The van der Waals surface area contributed by atoms with E-state index in [-0.39, 0.29) is 15.7 Å². The molecule has 156 valence electrons. The first-order chi connectivity index (χ1) is 13.6. The minimum atomic E-state index is -4.82. The molecular formula is C17H17F3N4O4S. The first kappa shape index (κ1) is 21.0. The van der Waals surface area contributed by atoms with E-state index < -0.39 is 33.3 Å². The Morgan fingerprint density at radius 2 is 1.93 bits per heavy atom. The van der Waals surface area contributed by atoms with Crippen molar-refractivity contribution in [3.05, 3.63) is 38.2 Å². The van der Waals surface area contributed by atoms with Crippen LogP contribution in [-0.4, -0.2) is 46.9 Å². The second kappa shape index (κ2) is 7.93. The van der Waals surface area contributed by atoms with Crippen LogP contribution in [0.5, 0.6) is 0 Å². The van der Waals surface area contributed by atoms with Gasteiger partial charge in [-0.3, -0.25) is 19.7 Å². The number of benzene rings is 1. The lowest BCUT2D eigenvalue weighted by Gasteiger charge is -2.35. The van der Waals surface area contributed by atoms with E-state index in [0.29, 0.717) is 44.7 Å². The number of carbonyl (C=O) groups excluding carboxylic acids is 1. The summed E-state index contributed by atoms with van der Waals surface area (Å²) in [4.78, 5) is 42.0. The molecular weight excluding hydrogens is 413 g/mol. The van der Waals surface area contributed by atoms with Crippen LogP contribution in [0.3, 0.4) is 0 Å². The molecule has 1 amide bonds. The third-order valence-corrected chi connectivity index (χ3v) is 5.75. The largest absolute Gasteiger partial charge is 0.416 e. The van der Waals surface area contributed by atoms with Crippen molar-refractivity contribution < 1.29 is 22.9 Å². The molecule has 0 aliphatic carbocycles. The highest BCUT2D eigenvalue weighted by Gasteiger charge is 2.34. The summed E-state index contributed by atoms with van der Waals surface area (Å²) in [5.41, 5.74) is -3.00. The Morgan fingerprint density at radius 3 is 2.48 bits per heavy atom. The molecule has 0 radical (unpaired) electrons. The topological polar surface area (TPSA) is 96.7 Å². The number of halogens is 3. The van der Waals surface area contributed by atoms with Gasteiger partial charge in [0.25, 0.3) is 11.2 Å². The zero-order valence-electron chi connectivity index (χ0n) is 15.4. The number of piperazine rings is 1. The number of amides is 1. The molecule has 2 heterocycles. The van der Waals surface area contributed by atoms with Gasteiger partial charge in [0.2, 0.25) is 5.91 Å². The summed E-state index contributed by atoms with van der Waals surface area (Å²) in [6, 6.07) is 1.03. The lowest BCUT2D eigenvalue weighted by molar-refractivity contribution is -0.383. The number of aromatic nitrogens is 1. The molecule has 1 aromatic carbocycles. The molecule has 0 spiro atoms. The molecule has 29 heavy (non-hydrogen) atoms. The van der Waals surface area contributed by atoms with Gasteiger partial charge in [-0.1, -0.05) is 18.3 Å². The van der Waals surface area contributed by atoms with Gasteiger partial charge in [0.15, 0.2) is 5.13 Å². The maximum absolute atomic E-state index is 13.0. The average molecular weight is 430 g/mol. The first-order valence-electron chi connectivity index (χ1n) is 8.85. The molecule has 2 aromatic rings. The van der Waals surface area contributed by atoms with Crippen LogP contribution >= 0.6 is 11.3 Å². The Kier molecular flexibility index (Phi) is 5.73. The molecule has 1 aromatic heterocycles. The molecule has 0 bridgehead atoms. The lowest BCUT2D eigenvalue weighted by atomic mass is 10.1. The summed E-state index contributed by atoms with van der Waals surface area (Å²) in [5, 5.41) is 11.1. The van der Waals surface area contributed by atoms with E-state index in [1.807, 2.05) is 6.92 Å². The summed E-state index contributed by atoms with van der Waals surface area (Å²) in [6.07, 6.45) is -3.65. The number of hydrogen-bond acceptors (Lipinski definition) is 7. The molecule has 12 heteroatoms. The van der Waals surface area contributed by atoms with Gasteiger partial charge < -0.3 is 9.80 Å². The number of nitrogens with zero attached hydrogens (tertiary/aromatic N) is 4. The zero-order valence-corrected chi connectivity index (χ0v) is 16.2. The van der Waals surface area contributed by atoms with E-state index in [1.165, 1.54) is 0 Å². The predicted octanol–water partition coefficient (Wildman–Crippen LogP) is 3.03. The maximum atomic E-state index is 13.0. The van der Waals surface area contributed by atoms with Crippen molar-refractivity contribution in [3.63, 3.8) is 0 Å². The molecule has 1 fully saturated rings. The van der Waals surface area contributed by atoms with E-state index >= 15 is 0 Å². The highest BCUT2D eigenvalue weighted by Crippen LogP contribution is 2.38. The van der Waals surface area contributed by atoms with Crippen LogP contribution < -0.4 is 10.5 Å². The fraction of sp³-hybridized carbons (Fsp3) is 0.471. The molecule has 3 rings (SSSR count). The molecule has 1 aliphatic heterocycles. The van der Waals surface area contributed by atoms with Gasteiger partial charge in [-0.25, -0.2) is 0 Å². The van der Waals surface area contributed by atoms with E-state index in [4.69, 9.17) is 0 Å². The minimum absolute atomic E-state index is 0.0297. The smallest absolute Gasteiger partial charge is 0.344 e. The van der Waals surface area contributed by atoms with Crippen LogP contribution in [0.2, 0.25) is 0 Å². The van der Waals surface area contributed by atoms with Gasteiger partial charge in [-0.05, 0) is 12.5 Å². The van der Waals surface area contributed by atoms with Crippen molar-refractivity contribution in [2.75, 3.05) is 31.1 Å². The van der Waals surface area contributed by atoms with Gasteiger partial charge in [-0.15, -0.1) is 0 Å². The zero-order chi connectivity index (χ0) is 21.3. The summed E-state index contributed by atoms with van der Waals surface area (Å²) in [7, 11) is 0. The summed E-state index contributed by atoms with van der Waals surface area (Å²) in [5.74, 6) is 0.0297. The van der Waals surface area contributed by atoms with Gasteiger partial charge in [-0.2, -0.15) is 18.2 Å². The number of non-ortho nitro benzene ring substituents is 1. The standard InChI is InChI=1S/C17H17F3N4O4S/c1-2-3-13(25)22-4-6-23(7-5-22)16-21-15(26)11-8-10(17(18,19)20)9-12(24(27)28)14(11)29-16/h8-9H,2-7H2,1H3. The summed E-state index contributed by atoms with van der Waals surface area (Å²) in [6.45, 7) is 3.47. The SMILES string of the molecule is CCCC(=O)N1CCN(c2nc(=O)c3cc(C(F)(F)F)cc([N+](=O)[O-])c3s2)CC1. The third kappa shape index (κ3) is 4.31. The van der Waals surface area contributed by atoms with Crippen LogP contribution in [0.25, 0.3) is 10.1 Å². The Labute approximate surface area is 166 Å². The Morgan fingerprint density at radius 1 is 1.28 bits per heavy atom. The van der Waals surface area contributed by atoms with Crippen molar-refractivity contribution in [2.24, 2.45) is 0 Å². The number of carbonyl (C=O) groups is 1. The number of nitro benzene ring substituents is 1. The first-order valence-corrected chi connectivity index (χ1v) is 9.66. The van der Waals surface area contributed by atoms with Gasteiger partial charge in [0.05, 0.1) is 15.9 Å². The number of rotatable bonds is 4. The number of hydrogen-bond donors (Lipinski definition) is 0. The van der Waals surface area contributed by atoms with Crippen molar-refractivity contribution in [2.45, 2.75) is 25.9 Å². The molecule has 0 N–H and O–H groups in total.